The van der Waals surface area contributed by atoms with Gasteiger partial charge in [0.2, 0.25) is 11.8 Å². The van der Waals surface area contributed by atoms with Gasteiger partial charge in [-0.25, -0.2) is 0 Å². The zero-order valence-corrected chi connectivity index (χ0v) is 12.5. The van der Waals surface area contributed by atoms with E-state index in [1.165, 1.54) is 3.57 Å². The van der Waals surface area contributed by atoms with Gasteiger partial charge in [0, 0.05) is 15.6 Å². The fourth-order valence-corrected chi connectivity index (χ4v) is 1.96. The van der Waals surface area contributed by atoms with E-state index < -0.39 is 0 Å². The van der Waals surface area contributed by atoms with Crippen LogP contribution >= 0.6 is 22.6 Å². The van der Waals surface area contributed by atoms with Crippen LogP contribution in [-0.2, 0) is 6.42 Å². The maximum atomic E-state index is 5.64. The van der Waals surface area contributed by atoms with E-state index in [-0.39, 0.29) is 0 Å². The van der Waals surface area contributed by atoms with Crippen LogP contribution in [0.2, 0.25) is 0 Å². The lowest BCUT2D eigenvalue weighted by atomic mass is 10.2. The van der Waals surface area contributed by atoms with E-state index in [4.69, 9.17) is 4.42 Å². The molecule has 2 rings (SSSR count). The van der Waals surface area contributed by atoms with E-state index in [1.54, 1.807) is 0 Å². The Kier molecular flexibility index (Phi) is 5.12. The van der Waals surface area contributed by atoms with Crippen molar-refractivity contribution in [1.82, 2.24) is 15.5 Å². The summed E-state index contributed by atoms with van der Waals surface area (Å²) < 4.78 is 6.83. The van der Waals surface area contributed by atoms with Crippen LogP contribution in [0.1, 0.15) is 19.2 Å². The second-order valence-electron chi connectivity index (χ2n) is 3.96. The van der Waals surface area contributed by atoms with Gasteiger partial charge in [0.15, 0.2) is 0 Å². The molecule has 0 fully saturated rings. The third kappa shape index (κ3) is 3.78. The van der Waals surface area contributed by atoms with Crippen molar-refractivity contribution < 1.29 is 4.42 Å². The molecule has 2 aromatic rings. The van der Waals surface area contributed by atoms with Crippen LogP contribution in [0, 0.1) is 3.57 Å². The second kappa shape index (κ2) is 6.84. The minimum Gasteiger partial charge on any atom is -0.421 e. The van der Waals surface area contributed by atoms with Gasteiger partial charge in [0.25, 0.3) is 0 Å². The van der Waals surface area contributed by atoms with Gasteiger partial charge >= 0.3 is 0 Å². The van der Waals surface area contributed by atoms with Crippen LogP contribution < -0.4 is 5.32 Å². The monoisotopic (exact) mass is 357 g/mol. The Morgan fingerprint density at radius 2 is 2.00 bits per heavy atom. The van der Waals surface area contributed by atoms with E-state index in [9.17, 15) is 0 Å². The lowest BCUT2D eigenvalue weighted by Gasteiger charge is -1.98. The molecule has 0 aliphatic heterocycles. The van der Waals surface area contributed by atoms with Gasteiger partial charge in [0.05, 0.1) is 0 Å². The summed E-state index contributed by atoms with van der Waals surface area (Å²) in [7, 11) is 0. The highest BCUT2D eigenvalue weighted by atomic mass is 127. The Labute approximate surface area is 120 Å². The van der Waals surface area contributed by atoms with Crippen molar-refractivity contribution in [3.63, 3.8) is 0 Å². The Hall–Kier alpha value is -0.950. The van der Waals surface area contributed by atoms with E-state index in [1.807, 2.05) is 24.3 Å². The minimum absolute atomic E-state index is 0.602. The van der Waals surface area contributed by atoms with Gasteiger partial charge in [-0.2, -0.15) is 0 Å². The standard InChI is InChI=1S/C13H16IN3O/c1-2-15-9-3-4-12-16-17-13(18-12)10-5-7-11(14)8-6-10/h5-8,15H,2-4,9H2,1H3. The molecule has 0 saturated heterocycles. The average molecular weight is 357 g/mol. The molecule has 0 bridgehead atoms. The quantitative estimate of drug-likeness (QED) is 0.638. The average Bonchev–Trinajstić information content (AvgIpc) is 2.84. The topological polar surface area (TPSA) is 51.0 Å². The van der Waals surface area contributed by atoms with Crippen LogP contribution in [-0.4, -0.2) is 23.3 Å². The Morgan fingerprint density at radius 3 is 2.72 bits per heavy atom. The molecule has 1 N–H and O–H groups in total. The predicted octanol–water partition coefficient (Wildman–Crippen LogP) is 2.88. The number of halogens is 1. The number of rotatable bonds is 6. The van der Waals surface area contributed by atoms with Gasteiger partial charge < -0.3 is 9.73 Å². The van der Waals surface area contributed by atoms with Gasteiger partial charge in [-0.1, -0.05) is 6.92 Å². The molecule has 0 unspecified atom stereocenters. The molecule has 18 heavy (non-hydrogen) atoms. The molecular weight excluding hydrogens is 341 g/mol. The summed E-state index contributed by atoms with van der Waals surface area (Å²) in [6.45, 7) is 4.08. The number of nitrogens with zero attached hydrogens (tertiary/aromatic N) is 2. The van der Waals surface area contributed by atoms with Gasteiger partial charge in [-0.3, -0.25) is 0 Å². The summed E-state index contributed by atoms with van der Waals surface area (Å²) >= 11 is 2.27. The van der Waals surface area contributed by atoms with E-state index >= 15 is 0 Å². The van der Waals surface area contributed by atoms with Crippen LogP contribution in [0.15, 0.2) is 28.7 Å². The van der Waals surface area contributed by atoms with Crippen LogP contribution in [0.25, 0.3) is 11.5 Å². The molecule has 0 saturated carbocycles. The van der Waals surface area contributed by atoms with Gasteiger partial charge in [-0.05, 0) is 66.4 Å². The second-order valence-corrected chi connectivity index (χ2v) is 5.21. The predicted molar refractivity (Wildman–Crippen MR) is 79.3 cm³/mol. The Morgan fingerprint density at radius 1 is 1.22 bits per heavy atom. The smallest absolute Gasteiger partial charge is 0.247 e. The molecule has 0 spiro atoms. The van der Waals surface area contributed by atoms with Crippen molar-refractivity contribution in [3.8, 4) is 11.5 Å². The maximum absolute atomic E-state index is 5.64. The molecule has 1 heterocycles. The Bertz CT molecular complexity index is 481. The zero-order chi connectivity index (χ0) is 12.8. The van der Waals surface area contributed by atoms with Crippen LogP contribution in [0.3, 0.4) is 0 Å². The molecule has 5 heteroatoms. The number of benzene rings is 1. The first-order valence-electron chi connectivity index (χ1n) is 6.08. The van der Waals surface area contributed by atoms with Crippen molar-refractivity contribution in [2.24, 2.45) is 0 Å². The summed E-state index contributed by atoms with van der Waals surface area (Å²) in [5.74, 6) is 1.31. The molecular formula is C13H16IN3O. The Balaban J connectivity index is 1.95. The summed E-state index contributed by atoms with van der Waals surface area (Å²) in [5.41, 5.74) is 0.973. The van der Waals surface area contributed by atoms with E-state index in [0.29, 0.717) is 11.8 Å². The largest absolute Gasteiger partial charge is 0.421 e. The molecule has 0 atom stereocenters. The maximum Gasteiger partial charge on any atom is 0.247 e. The highest BCUT2D eigenvalue weighted by Crippen LogP contribution is 2.19. The number of hydrogen-bond donors (Lipinski definition) is 1. The van der Waals surface area contributed by atoms with Crippen molar-refractivity contribution >= 4 is 22.6 Å². The molecule has 0 aliphatic rings. The molecule has 1 aromatic heterocycles. The fraction of sp³-hybridized carbons (Fsp3) is 0.385. The van der Waals surface area contributed by atoms with Crippen molar-refractivity contribution in [2.45, 2.75) is 19.8 Å². The summed E-state index contributed by atoms with van der Waals surface area (Å²) in [4.78, 5) is 0. The van der Waals surface area contributed by atoms with E-state index in [2.05, 4.69) is 45.0 Å². The van der Waals surface area contributed by atoms with Crippen molar-refractivity contribution in [1.29, 1.82) is 0 Å². The zero-order valence-electron chi connectivity index (χ0n) is 10.3. The summed E-state index contributed by atoms with van der Waals surface area (Å²) in [6, 6.07) is 8.06. The molecule has 0 amide bonds. The number of nitrogens with one attached hydrogen (secondary N) is 1. The van der Waals surface area contributed by atoms with Gasteiger partial charge in [0.1, 0.15) is 0 Å². The fourth-order valence-electron chi connectivity index (χ4n) is 1.61. The number of aromatic nitrogens is 2. The molecule has 96 valence electrons. The minimum atomic E-state index is 0.602. The van der Waals surface area contributed by atoms with Crippen molar-refractivity contribution in [3.05, 3.63) is 33.7 Å². The first-order chi connectivity index (χ1) is 8.79. The third-order valence-electron chi connectivity index (χ3n) is 2.55. The van der Waals surface area contributed by atoms with E-state index in [0.717, 1.165) is 31.5 Å². The van der Waals surface area contributed by atoms with Crippen LogP contribution in [0.5, 0.6) is 0 Å². The summed E-state index contributed by atoms with van der Waals surface area (Å²) in [6.07, 6.45) is 1.84. The molecule has 0 radical (unpaired) electrons. The molecule has 1 aromatic carbocycles. The number of aryl methyl sites for hydroxylation is 1. The third-order valence-corrected chi connectivity index (χ3v) is 3.27. The van der Waals surface area contributed by atoms with Crippen LogP contribution in [0.4, 0.5) is 0 Å². The highest BCUT2D eigenvalue weighted by Gasteiger charge is 2.07. The lowest BCUT2D eigenvalue weighted by Crippen LogP contribution is -2.14. The highest BCUT2D eigenvalue weighted by molar-refractivity contribution is 14.1. The molecule has 0 aliphatic carbocycles. The SMILES string of the molecule is CCNCCCc1nnc(-c2ccc(I)cc2)o1. The van der Waals surface area contributed by atoms with Gasteiger partial charge in [-0.15, -0.1) is 10.2 Å². The first-order valence-corrected chi connectivity index (χ1v) is 7.16. The molecule has 4 nitrogen and oxygen atoms in total. The number of hydrogen-bond acceptors (Lipinski definition) is 4. The first kappa shape index (κ1) is 13.5. The lowest BCUT2D eigenvalue weighted by molar-refractivity contribution is 0.492. The summed E-state index contributed by atoms with van der Waals surface area (Å²) in [5, 5.41) is 11.4. The van der Waals surface area contributed by atoms with Crippen molar-refractivity contribution in [2.75, 3.05) is 13.1 Å². The normalized spacial score (nSPS) is 10.8.